The summed E-state index contributed by atoms with van der Waals surface area (Å²) in [4.78, 5) is 12.6. The van der Waals surface area contributed by atoms with E-state index < -0.39 is 10.0 Å². The highest BCUT2D eigenvalue weighted by molar-refractivity contribution is 7.89. The predicted octanol–water partition coefficient (Wildman–Crippen LogP) is 1.33. The number of aromatic nitrogens is 1. The normalized spacial score (nSPS) is 22.5. The van der Waals surface area contributed by atoms with Crippen LogP contribution >= 0.6 is 12.4 Å². The number of aryl methyl sites for hydroxylation is 1. The van der Waals surface area contributed by atoms with Crippen LogP contribution in [0.2, 0.25) is 0 Å². The zero-order valence-corrected chi connectivity index (χ0v) is 17.0. The third kappa shape index (κ3) is 4.60. The zero-order chi connectivity index (χ0) is 18.2. The van der Waals surface area contributed by atoms with Crippen molar-refractivity contribution >= 4 is 28.3 Å². The molecule has 0 aromatic carbocycles. The summed E-state index contributed by atoms with van der Waals surface area (Å²) in [5.41, 5.74) is 6.34. The second-order valence-corrected chi connectivity index (χ2v) is 9.43. The van der Waals surface area contributed by atoms with E-state index in [2.05, 4.69) is 12.2 Å². The van der Waals surface area contributed by atoms with E-state index in [0.717, 1.165) is 25.7 Å². The van der Waals surface area contributed by atoms with Gasteiger partial charge >= 0.3 is 0 Å². The van der Waals surface area contributed by atoms with Gasteiger partial charge < -0.3 is 15.6 Å². The third-order valence-corrected chi connectivity index (χ3v) is 7.03. The average Bonchev–Trinajstić information content (AvgIpc) is 3.34. The van der Waals surface area contributed by atoms with E-state index in [0.29, 0.717) is 37.2 Å². The largest absolute Gasteiger partial charge is 0.349 e. The Bertz CT molecular complexity index is 745. The molecule has 2 fully saturated rings. The Kier molecular flexibility index (Phi) is 6.76. The van der Waals surface area contributed by atoms with Gasteiger partial charge in [-0.1, -0.05) is 6.92 Å². The predicted molar refractivity (Wildman–Crippen MR) is 103 cm³/mol. The van der Waals surface area contributed by atoms with Crippen LogP contribution in [-0.2, 0) is 17.1 Å². The third-order valence-electron chi connectivity index (χ3n) is 5.20. The van der Waals surface area contributed by atoms with Crippen LogP contribution < -0.4 is 11.1 Å². The number of piperidine rings is 1. The molecular formula is C17H29ClN4O3S. The summed E-state index contributed by atoms with van der Waals surface area (Å²) in [6.45, 7) is 3.56. The first-order valence-corrected chi connectivity index (χ1v) is 10.4. The first kappa shape index (κ1) is 21.2. The maximum Gasteiger partial charge on any atom is 0.267 e. The fourth-order valence-electron chi connectivity index (χ4n) is 3.41. The summed E-state index contributed by atoms with van der Waals surface area (Å²) < 4.78 is 28.8. The lowest BCUT2D eigenvalue weighted by molar-refractivity contribution is 0.0942. The molecule has 1 amide bonds. The minimum absolute atomic E-state index is 0. The summed E-state index contributed by atoms with van der Waals surface area (Å²) in [5.74, 6) is 0.580. The average molecular weight is 405 g/mol. The summed E-state index contributed by atoms with van der Waals surface area (Å²) >= 11 is 0. The molecule has 2 unspecified atom stereocenters. The van der Waals surface area contributed by atoms with Crippen molar-refractivity contribution in [3.05, 3.63) is 18.0 Å². The van der Waals surface area contributed by atoms with Gasteiger partial charge in [0, 0.05) is 38.9 Å². The lowest BCUT2D eigenvalue weighted by atomic mass is 10.0. The highest BCUT2D eigenvalue weighted by Crippen LogP contribution is 2.31. The maximum atomic E-state index is 12.8. The Morgan fingerprint density at radius 2 is 2.08 bits per heavy atom. The van der Waals surface area contributed by atoms with Crippen molar-refractivity contribution in [2.45, 2.75) is 43.5 Å². The van der Waals surface area contributed by atoms with Gasteiger partial charge in [0.2, 0.25) is 10.0 Å². The number of hydrogen-bond acceptors (Lipinski definition) is 4. The van der Waals surface area contributed by atoms with Crippen molar-refractivity contribution in [3.63, 3.8) is 0 Å². The van der Waals surface area contributed by atoms with Crippen LogP contribution in [-0.4, -0.2) is 48.9 Å². The molecule has 3 N–H and O–H groups in total. The number of nitrogens with two attached hydrogens (primary N) is 1. The van der Waals surface area contributed by atoms with E-state index in [1.54, 1.807) is 11.6 Å². The molecule has 9 heteroatoms. The molecule has 7 nitrogen and oxygen atoms in total. The minimum Gasteiger partial charge on any atom is -0.349 e. The molecule has 1 saturated heterocycles. The first-order valence-electron chi connectivity index (χ1n) is 8.99. The van der Waals surface area contributed by atoms with Crippen LogP contribution in [0.3, 0.4) is 0 Å². The molecule has 1 aliphatic carbocycles. The lowest BCUT2D eigenvalue weighted by Crippen LogP contribution is -2.39. The van der Waals surface area contributed by atoms with Gasteiger partial charge in [-0.05, 0) is 43.6 Å². The Morgan fingerprint density at radius 3 is 2.69 bits per heavy atom. The minimum atomic E-state index is -3.56. The van der Waals surface area contributed by atoms with Gasteiger partial charge in [-0.15, -0.1) is 12.4 Å². The Hall–Kier alpha value is -1.09. The van der Waals surface area contributed by atoms with Crippen LogP contribution in [0.5, 0.6) is 0 Å². The number of halogens is 1. The van der Waals surface area contributed by atoms with Crippen LogP contribution in [0.1, 0.15) is 43.1 Å². The SMILES string of the molecule is CC1CCCN(S(=O)(=O)c2cc(C(=O)NCC(N)C3CC3)n(C)c2)C1.Cl. The molecule has 1 aliphatic heterocycles. The Balaban J connectivity index is 0.00000243. The van der Waals surface area contributed by atoms with Gasteiger partial charge in [-0.25, -0.2) is 8.42 Å². The van der Waals surface area contributed by atoms with Crippen molar-refractivity contribution in [1.29, 1.82) is 0 Å². The summed E-state index contributed by atoms with van der Waals surface area (Å²) in [5, 5.41) is 2.82. The molecule has 2 aliphatic rings. The second-order valence-electron chi connectivity index (χ2n) is 7.49. The molecule has 1 saturated carbocycles. The van der Waals surface area contributed by atoms with Crippen LogP contribution in [0, 0.1) is 11.8 Å². The quantitative estimate of drug-likeness (QED) is 0.747. The number of nitrogens with zero attached hydrogens (tertiary/aromatic N) is 2. The van der Waals surface area contributed by atoms with E-state index in [1.165, 1.54) is 16.6 Å². The van der Waals surface area contributed by atoms with Crippen LogP contribution in [0.25, 0.3) is 0 Å². The van der Waals surface area contributed by atoms with Gasteiger partial charge in [-0.3, -0.25) is 4.79 Å². The number of carbonyl (C=O) groups excluding carboxylic acids is 1. The van der Waals surface area contributed by atoms with E-state index in [-0.39, 0.29) is 29.3 Å². The number of rotatable bonds is 6. The number of sulfonamides is 1. The van der Waals surface area contributed by atoms with Gasteiger partial charge in [0.15, 0.2) is 0 Å². The molecule has 0 bridgehead atoms. The van der Waals surface area contributed by atoms with Crippen molar-refractivity contribution in [2.24, 2.45) is 24.6 Å². The molecule has 148 valence electrons. The number of amides is 1. The van der Waals surface area contributed by atoms with Crippen molar-refractivity contribution in [2.75, 3.05) is 19.6 Å². The molecule has 1 aromatic heterocycles. The zero-order valence-electron chi connectivity index (χ0n) is 15.3. The lowest BCUT2D eigenvalue weighted by Gasteiger charge is -2.29. The number of nitrogens with one attached hydrogen (secondary N) is 1. The van der Waals surface area contributed by atoms with Gasteiger partial charge in [-0.2, -0.15) is 4.31 Å². The molecule has 1 aromatic rings. The first-order chi connectivity index (χ1) is 11.8. The Morgan fingerprint density at radius 1 is 1.38 bits per heavy atom. The van der Waals surface area contributed by atoms with E-state index >= 15 is 0 Å². The fourth-order valence-corrected chi connectivity index (χ4v) is 5.08. The van der Waals surface area contributed by atoms with Gasteiger partial charge in [0.1, 0.15) is 10.6 Å². The van der Waals surface area contributed by atoms with Crippen molar-refractivity contribution < 1.29 is 13.2 Å². The summed E-state index contributed by atoms with van der Waals surface area (Å²) in [6, 6.07) is 1.44. The highest BCUT2D eigenvalue weighted by atomic mass is 35.5. The molecule has 26 heavy (non-hydrogen) atoms. The summed E-state index contributed by atoms with van der Waals surface area (Å²) in [6.07, 6.45) is 5.69. The van der Waals surface area contributed by atoms with E-state index in [1.807, 2.05) is 0 Å². The van der Waals surface area contributed by atoms with Gasteiger partial charge in [0.25, 0.3) is 5.91 Å². The molecule has 2 atom stereocenters. The van der Waals surface area contributed by atoms with Crippen LogP contribution in [0.15, 0.2) is 17.2 Å². The maximum absolute atomic E-state index is 12.8. The molecule has 0 spiro atoms. The van der Waals surface area contributed by atoms with Crippen molar-refractivity contribution in [1.82, 2.24) is 14.2 Å². The Labute approximate surface area is 161 Å². The van der Waals surface area contributed by atoms with Gasteiger partial charge in [0.05, 0.1) is 0 Å². The highest BCUT2D eigenvalue weighted by Gasteiger charge is 2.31. The molecule has 2 heterocycles. The molecular weight excluding hydrogens is 376 g/mol. The topological polar surface area (TPSA) is 97.4 Å². The monoisotopic (exact) mass is 404 g/mol. The smallest absolute Gasteiger partial charge is 0.267 e. The molecule has 3 rings (SSSR count). The standard InChI is InChI=1S/C17H28N4O3S.ClH/c1-12-4-3-7-21(10-12)25(23,24)14-8-16(20(2)11-14)17(22)19-9-15(18)13-5-6-13;/h8,11-13,15H,3-7,9-10,18H2,1-2H3,(H,19,22);1H. The molecule has 0 radical (unpaired) electrons. The van der Waals surface area contributed by atoms with Crippen molar-refractivity contribution in [3.8, 4) is 0 Å². The summed E-state index contributed by atoms with van der Waals surface area (Å²) in [7, 11) is -1.87. The van der Waals surface area contributed by atoms with Crippen LogP contribution in [0.4, 0.5) is 0 Å². The second kappa shape index (κ2) is 8.29. The van der Waals surface area contributed by atoms with E-state index in [4.69, 9.17) is 5.73 Å². The number of carbonyl (C=O) groups is 1. The number of hydrogen-bond donors (Lipinski definition) is 2. The fraction of sp³-hybridized carbons (Fsp3) is 0.706. The van der Waals surface area contributed by atoms with E-state index in [9.17, 15) is 13.2 Å².